The molecule has 0 aliphatic heterocycles. The van der Waals surface area contributed by atoms with E-state index in [9.17, 15) is 9.90 Å². The van der Waals surface area contributed by atoms with Crippen molar-refractivity contribution in [2.75, 3.05) is 17.6 Å². The lowest BCUT2D eigenvalue weighted by Gasteiger charge is -2.31. The Morgan fingerprint density at radius 1 is 1.47 bits per heavy atom. The average Bonchev–Trinajstić information content (AvgIpc) is 2.31. The lowest BCUT2D eigenvalue weighted by atomic mass is 9.97. The predicted octanol–water partition coefficient (Wildman–Crippen LogP) is 1.59. The number of nitrogen functional groups attached to an aromatic ring is 1. The first-order valence-corrected chi connectivity index (χ1v) is 6.42. The number of hydrogen-bond donors (Lipinski definition) is 4. The number of nitrogens with one attached hydrogen (secondary N) is 2. The van der Waals surface area contributed by atoms with E-state index in [0.29, 0.717) is 23.5 Å². The van der Waals surface area contributed by atoms with E-state index in [4.69, 9.17) is 5.73 Å². The zero-order valence-electron chi connectivity index (χ0n) is 11.9. The Balaban J connectivity index is 3.01. The van der Waals surface area contributed by atoms with Crippen molar-refractivity contribution in [2.45, 2.75) is 39.3 Å². The minimum Gasteiger partial charge on any atom is -0.397 e. The van der Waals surface area contributed by atoms with Crippen LogP contribution in [0.15, 0.2) is 18.2 Å². The van der Waals surface area contributed by atoms with Gasteiger partial charge in [-0.15, -0.1) is 0 Å². The Hall–Kier alpha value is -1.75. The number of hydrogen-bond acceptors (Lipinski definition) is 4. The lowest BCUT2D eigenvalue weighted by Crippen LogP contribution is -2.42. The molecule has 0 saturated carbocycles. The van der Waals surface area contributed by atoms with Crippen LogP contribution in [0.4, 0.5) is 11.4 Å². The van der Waals surface area contributed by atoms with Crippen molar-refractivity contribution in [3.63, 3.8) is 0 Å². The Kier molecular flexibility index (Phi) is 4.78. The summed E-state index contributed by atoms with van der Waals surface area (Å²) in [7, 11) is 0. The van der Waals surface area contributed by atoms with E-state index in [1.807, 2.05) is 20.8 Å². The number of rotatable bonds is 5. The van der Waals surface area contributed by atoms with Crippen LogP contribution in [-0.2, 0) is 0 Å². The molecule has 0 spiro atoms. The summed E-state index contributed by atoms with van der Waals surface area (Å²) < 4.78 is 0. The fourth-order valence-corrected chi connectivity index (χ4v) is 1.52. The molecular formula is C14H23N3O2. The van der Waals surface area contributed by atoms with Gasteiger partial charge in [-0.05, 0) is 45.9 Å². The van der Waals surface area contributed by atoms with Gasteiger partial charge in [-0.3, -0.25) is 4.79 Å². The number of anilines is 2. The molecule has 0 radical (unpaired) electrons. The standard InChI is InChI=1S/C14H23N3O2/c1-5-16-13(19)10-6-7-11(15)12(8-10)17-14(3,4)9(2)18/h6-9,17-18H,5,15H2,1-4H3,(H,16,19). The summed E-state index contributed by atoms with van der Waals surface area (Å²) >= 11 is 0. The molecule has 5 N–H and O–H groups in total. The Morgan fingerprint density at radius 2 is 2.11 bits per heavy atom. The van der Waals surface area contributed by atoms with Gasteiger partial charge in [0.25, 0.3) is 5.91 Å². The zero-order valence-corrected chi connectivity index (χ0v) is 11.9. The van der Waals surface area contributed by atoms with E-state index < -0.39 is 11.6 Å². The van der Waals surface area contributed by atoms with Crippen LogP contribution in [-0.4, -0.2) is 29.2 Å². The first-order chi connectivity index (χ1) is 8.77. The van der Waals surface area contributed by atoms with Crippen LogP contribution in [0.5, 0.6) is 0 Å². The van der Waals surface area contributed by atoms with Crippen LogP contribution < -0.4 is 16.4 Å². The number of benzene rings is 1. The number of carbonyl (C=O) groups excluding carboxylic acids is 1. The topological polar surface area (TPSA) is 87.4 Å². The number of carbonyl (C=O) groups is 1. The molecule has 1 amide bonds. The molecular weight excluding hydrogens is 242 g/mol. The van der Waals surface area contributed by atoms with Crippen LogP contribution in [0.1, 0.15) is 38.1 Å². The summed E-state index contributed by atoms with van der Waals surface area (Å²) in [5.41, 5.74) is 7.09. The van der Waals surface area contributed by atoms with Gasteiger partial charge in [0.1, 0.15) is 0 Å². The van der Waals surface area contributed by atoms with E-state index in [-0.39, 0.29) is 5.91 Å². The molecule has 0 aliphatic carbocycles. The van der Waals surface area contributed by atoms with Gasteiger partial charge < -0.3 is 21.5 Å². The number of aliphatic hydroxyl groups is 1. The quantitative estimate of drug-likeness (QED) is 0.609. The normalized spacial score (nSPS) is 12.9. The van der Waals surface area contributed by atoms with Gasteiger partial charge in [0, 0.05) is 12.1 Å². The summed E-state index contributed by atoms with van der Waals surface area (Å²) in [5.74, 6) is -0.139. The smallest absolute Gasteiger partial charge is 0.251 e. The molecule has 5 heteroatoms. The van der Waals surface area contributed by atoms with Gasteiger partial charge in [0.05, 0.1) is 23.0 Å². The molecule has 1 aromatic carbocycles. The summed E-state index contributed by atoms with van der Waals surface area (Å²) in [6, 6.07) is 5.07. The summed E-state index contributed by atoms with van der Waals surface area (Å²) in [5, 5.41) is 15.6. The number of aliphatic hydroxyl groups excluding tert-OH is 1. The largest absolute Gasteiger partial charge is 0.397 e. The summed E-state index contributed by atoms with van der Waals surface area (Å²) in [4.78, 5) is 11.8. The van der Waals surface area contributed by atoms with Crippen molar-refractivity contribution in [2.24, 2.45) is 0 Å². The first-order valence-electron chi connectivity index (χ1n) is 6.42. The molecule has 0 saturated heterocycles. The predicted molar refractivity (Wildman–Crippen MR) is 78.2 cm³/mol. The highest BCUT2D eigenvalue weighted by molar-refractivity contribution is 5.96. The average molecular weight is 265 g/mol. The highest BCUT2D eigenvalue weighted by Gasteiger charge is 2.24. The van der Waals surface area contributed by atoms with Gasteiger partial charge in [0.2, 0.25) is 0 Å². The minimum absolute atomic E-state index is 0.139. The van der Waals surface area contributed by atoms with E-state index in [1.54, 1.807) is 25.1 Å². The van der Waals surface area contributed by atoms with Crippen LogP contribution in [0.3, 0.4) is 0 Å². The number of nitrogens with two attached hydrogens (primary N) is 1. The highest BCUT2D eigenvalue weighted by atomic mass is 16.3. The van der Waals surface area contributed by atoms with Crippen molar-refractivity contribution >= 4 is 17.3 Å². The monoisotopic (exact) mass is 265 g/mol. The SMILES string of the molecule is CCNC(=O)c1ccc(N)c(NC(C)(C)C(C)O)c1. The van der Waals surface area contributed by atoms with Crippen molar-refractivity contribution in [1.82, 2.24) is 5.32 Å². The molecule has 0 fully saturated rings. The molecule has 106 valence electrons. The van der Waals surface area contributed by atoms with E-state index >= 15 is 0 Å². The third-order valence-electron chi connectivity index (χ3n) is 3.15. The highest BCUT2D eigenvalue weighted by Crippen LogP contribution is 2.25. The maximum absolute atomic E-state index is 11.8. The molecule has 1 rings (SSSR count). The zero-order chi connectivity index (χ0) is 14.6. The molecule has 0 aromatic heterocycles. The fourth-order valence-electron chi connectivity index (χ4n) is 1.52. The van der Waals surface area contributed by atoms with Crippen LogP contribution >= 0.6 is 0 Å². The fraction of sp³-hybridized carbons (Fsp3) is 0.500. The van der Waals surface area contributed by atoms with Crippen molar-refractivity contribution < 1.29 is 9.90 Å². The summed E-state index contributed by atoms with van der Waals surface area (Å²) in [6.07, 6.45) is -0.556. The molecule has 1 unspecified atom stereocenters. The lowest BCUT2D eigenvalue weighted by molar-refractivity contribution is 0.0956. The maximum atomic E-state index is 11.8. The van der Waals surface area contributed by atoms with Crippen molar-refractivity contribution in [3.05, 3.63) is 23.8 Å². The van der Waals surface area contributed by atoms with Gasteiger partial charge in [-0.1, -0.05) is 0 Å². The molecule has 0 bridgehead atoms. The van der Waals surface area contributed by atoms with Crippen LogP contribution in [0.2, 0.25) is 0 Å². The third kappa shape index (κ3) is 3.86. The van der Waals surface area contributed by atoms with Gasteiger partial charge in [-0.2, -0.15) is 0 Å². The second kappa shape index (κ2) is 5.93. The van der Waals surface area contributed by atoms with Crippen LogP contribution in [0.25, 0.3) is 0 Å². The molecule has 1 aromatic rings. The van der Waals surface area contributed by atoms with Gasteiger partial charge >= 0.3 is 0 Å². The maximum Gasteiger partial charge on any atom is 0.251 e. The molecule has 5 nitrogen and oxygen atoms in total. The Labute approximate surface area is 114 Å². The van der Waals surface area contributed by atoms with Gasteiger partial charge in [0.15, 0.2) is 0 Å². The first kappa shape index (κ1) is 15.3. The molecule has 0 heterocycles. The van der Waals surface area contributed by atoms with E-state index in [0.717, 1.165) is 0 Å². The van der Waals surface area contributed by atoms with Crippen LogP contribution in [0, 0.1) is 0 Å². The molecule has 1 atom stereocenters. The Bertz CT molecular complexity index is 456. The third-order valence-corrected chi connectivity index (χ3v) is 3.15. The second-order valence-corrected chi connectivity index (χ2v) is 5.18. The number of amides is 1. The Morgan fingerprint density at radius 3 is 2.63 bits per heavy atom. The van der Waals surface area contributed by atoms with Crippen molar-refractivity contribution in [3.8, 4) is 0 Å². The van der Waals surface area contributed by atoms with Crippen molar-refractivity contribution in [1.29, 1.82) is 0 Å². The van der Waals surface area contributed by atoms with E-state index in [1.165, 1.54) is 0 Å². The molecule has 0 aliphatic rings. The van der Waals surface area contributed by atoms with Gasteiger partial charge in [-0.25, -0.2) is 0 Å². The second-order valence-electron chi connectivity index (χ2n) is 5.18. The molecule has 19 heavy (non-hydrogen) atoms. The van der Waals surface area contributed by atoms with E-state index in [2.05, 4.69) is 10.6 Å². The summed E-state index contributed by atoms with van der Waals surface area (Å²) in [6.45, 7) is 7.89. The minimum atomic E-state index is -0.556.